The average Bonchev–Trinajstić information content (AvgIpc) is 2.46. The van der Waals surface area contributed by atoms with Crippen LogP contribution < -0.4 is 15.1 Å². The molecule has 0 fully saturated rings. The van der Waals surface area contributed by atoms with Gasteiger partial charge < -0.3 is 13.9 Å². The molecule has 0 aliphatic carbocycles. The van der Waals surface area contributed by atoms with Gasteiger partial charge in [-0.25, -0.2) is 4.79 Å². The lowest BCUT2D eigenvalue weighted by Gasteiger charge is -2.10. The van der Waals surface area contributed by atoms with Crippen LogP contribution in [0.2, 0.25) is 0 Å². The third-order valence-electron chi connectivity index (χ3n) is 3.31. The number of nitrogens with zero attached hydrogens (tertiary/aromatic N) is 1. The Bertz CT molecular complexity index is 867. The van der Waals surface area contributed by atoms with Crippen molar-refractivity contribution in [1.82, 2.24) is 4.98 Å². The van der Waals surface area contributed by atoms with Gasteiger partial charge in [-0.2, -0.15) is 0 Å². The van der Waals surface area contributed by atoms with Crippen LogP contribution >= 0.6 is 0 Å². The molecule has 0 atom stereocenters. The quantitative estimate of drug-likeness (QED) is 0.529. The van der Waals surface area contributed by atoms with Crippen LogP contribution in [0.25, 0.3) is 21.9 Å². The Morgan fingerprint density at radius 2 is 1.95 bits per heavy atom. The van der Waals surface area contributed by atoms with Gasteiger partial charge in [-0.3, -0.25) is 4.98 Å². The van der Waals surface area contributed by atoms with Crippen molar-refractivity contribution in [3.63, 3.8) is 0 Å². The lowest BCUT2D eigenvalue weighted by atomic mass is 10.1. The molecule has 1 aromatic carbocycles. The molecule has 0 aliphatic heterocycles. The summed E-state index contributed by atoms with van der Waals surface area (Å²) < 4.78 is 15.9. The number of hydrogen-bond donors (Lipinski definition) is 0. The van der Waals surface area contributed by atoms with Crippen LogP contribution in [0.15, 0.2) is 33.6 Å². The fraction of sp³-hybridized carbons (Fsp3) is 0.200. The van der Waals surface area contributed by atoms with Gasteiger partial charge in [0.25, 0.3) is 0 Å². The molecule has 0 spiro atoms. The minimum atomic E-state index is -0.426. The lowest BCUT2D eigenvalue weighted by molar-refractivity contribution is 0.352. The van der Waals surface area contributed by atoms with E-state index in [1.807, 2.05) is 13.0 Å². The van der Waals surface area contributed by atoms with E-state index in [-0.39, 0.29) is 0 Å². The van der Waals surface area contributed by atoms with E-state index in [0.717, 1.165) is 10.9 Å². The maximum atomic E-state index is 12.2. The number of aromatic nitrogens is 1. The van der Waals surface area contributed by atoms with Crippen LogP contribution in [-0.4, -0.2) is 19.2 Å². The van der Waals surface area contributed by atoms with E-state index in [4.69, 9.17) is 13.9 Å². The van der Waals surface area contributed by atoms with E-state index in [1.165, 1.54) is 14.2 Å². The topological polar surface area (TPSA) is 61.6 Å². The first-order valence-electron chi connectivity index (χ1n) is 6.10. The zero-order valence-corrected chi connectivity index (χ0v) is 11.4. The third-order valence-corrected chi connectivity index (χ3v) is 3.31. The summed E-state index contributed by atoms with van der Waals surface area (Å²) in [6, 6.07) is 5.37. The maximum Gasteiger partial charge on any atom is 0.346 e. The first-order valence-corrected chi connectivity index (χ1v) is 6.10. The van der Waals surface area contributed by atoms with E-state index in [0.29, 0.717) is 28.0 Å². The van der Waals surface area contributed by atoms with Gasteiger partial charge in [-0.05, 0) is 30.7 Å². The van der Waals surface area contributed by atoms with Gasteiger partial charge in [0, 0.05) is 11.6 Å². The van der Waals surface area contributed by atoms with Crippen molar-refractivity contribution in [3.8, 4) is 11.5 Å². The van der Waals surface area contributed by atoms with Crippen LogP contribution in [-0.2, 0) is 0 Å². The Kier molecular flexibility index (Phi) is 2.82. The minimum Gasteiger partial charge on any atom is -0.493 e. The average molecular weight is 271 g/mol. The lowest BCUT2D eigenvalue weighted by Crippen LogP contribution is -2.04. The highest BCUT2D eigenvalue weighted by Crippen LogP contribution is 2.36. The summed E-state index contributed by atoms with van der Waals surface area (Å²) in [5.74, 6) is 0.905. The highest BCUT2D eigenvalue weighted by molar-refractivity contribution is 6.05. The Balaban J connectivity index is 2.58. The summed E-state index contributed by atoms with van der Waals surface area (Å²) in [6.07, 6.45) is 1.67. The monoisotopic (exact) mass is 271 g/mol. The zero-order chi connectivity index (χ0) is 14.3. The summed E-state index contributed by atoms with van der Waals surface area (Å²) in [4.78, 5) is 16.5. The number of pyridine rings is 1. The molecule has 20 heavy (non-hydrogen) atoms. The van der Waals surface area contributed by atoms with Gasteiger partial charge in [0.15, 0.2) is 11.3 Å². The smallest absolute Gasteiger partial charge is 0.346 e. The molecule has 5 heteroatoms. The van der Waals surface area contributed by atoms with Crippen LogP contribution in [0.4, 0.5) is 0 Å². The minimum absolute atomic E-state index is 0.349. The Morgan fingerprint density at radius 3 is 2.65 bits per heavy atom. The number of aryl methyl sites for hydroxylation is 1. The molecule has 0 radical (unpaired) electrons. The highest BCUT2D eigenvalue weighted by Gasteiger charge is 2.17. The van der Waals surface area contributed by atoms with E-state index in [2.05, 4.69) is 4.98 Å². The molecule has 3 aromatic rings. The molecular formula is C15H13NO4. The first kappa shape index (κ1) is 12.5. The maximum absolute atomic E-state index is 12.2. The second kappa shape index (κ2) is 4.52. The molecule has 2 aromatic heterocycles. The van der Waals surface area contributed by atoms with Gasteiger partial charge in [-0.15, -0.1) is 0 Å². The van der Waals surface area contributed by atoms with Crippen molar-refractivity contribution < 1.29 is 13.9 Å². The Hall–Kier alpha value is -2.56. The van der Waals surface area contributed by atoms with Gasteiger partial charge in [0.2, 0.25) is 5.75 Å². The van der Waals surface area contributed by atoms with Crippen LogP contribution in [0, 0.1) is 6.92 Å². The zero-order valence-electron chi connectivity index (χ0n) is 11.4. The molecule has 0 bridgehead atoms. The molecule has 2 heterocycles. The molecule has 0 N–H and O–H groups in total. The number of rotatable bonds is 2. The number of fused-ring (bicyclic) bond motifs is 3. The molecule has 102 valence electrons. The molecule has 0 amide bonds. The normalized spacial score (nSPS) is 10.9. The fourth-order valence-corrected chi connectivity index (χ4v) is 2.35. The first-order chi connectivity index (χ1) is 9.67. The molecule has 0 unspecified atom stereocenters. The molecule has 3 rings (SSSR count). The third kappa shape index (κ3) is 1.63. The molecule has 0 saturated heterocycles. The van der Waals surface area contributed by atoms with E-state index in [9.17, 15) is 4.79 Å². The van der Waals surface area contributed by atoms with Crippen molar-refractivity contribution in [1.29, 1.82) is 0 Å². The van der Waals surface area contributed by atoms with Crippen LogP contribution in [0.3, 0.4) is 0 Å². The van der Waals surface area contributed by atoms with Crippen LogP contribution in [0.1, 0.15) is 5.56 Å². The SMILES string of the molecule is COc1ccc2c(oc(=O)c3c(C)ccnc32)c1OC. The summed E-state index contributed by atoms with van der Waals surface area (Å²) in [5.41, 5.74) is 1.37. The van der Waals surface area contributed by atoms with E-state index in [1.54, 1.807) is 18.3 Å². The van der Waals surface area contributed by atoms with E-state index >= 15 is 0 Å². The molecule has 0 saturated carbocycles. The number of benzene rings is 1. The largest absolute Gasteiger partial charge is 0.493 e. The second-order valence-corrected chi connectivity index (χ2v) is 4.42. The van der Waals surface area contributed by atoms with Crippen molar-refractivity contribution in [2.24, 2.45) is 0 Å². The highest BCUT2D eigenvalue weighted by atomic mass is 16.5. The van der Waals surface area contributed by atoms with Gasteiger partial charge >= 0.3 is 5.63 Å². The summed E-state index contributed by atoms with van der Waals surface area (Å²) >= 11 is 0. The summed E-state index contributed by atoms with van der Waals surface area (Å²) in [7, 11) is 3.04. The Morgan fingerprint density at radius 1 is 1.15 bits per heavy atom. The molecule has 5 nitrogen and oxygen atoms in total. The summed E-state index contributed by atoms with van der Waals surface area (Å²) in [6.45, 7) is 1.85. The van der Waals surface area contributed by atoms with Gasteiger partial charge in [0.05, 0.1) is 25.1 Å². The number of hydrogen-bond acceptors (Lipinski definition) is 5. The van der Waals surface area contributed by atoms with Crippen molar-refractivity contribution >= 4 is 21.9 Å². The number of methoxy groups -OCH3 is 2. The van der Waals surface area contributed by atoms with Crippen molar-refractivity contribution in [2.75, 3.05) is 14.2 Å². The molecule has 0 aliphatic rings. The van der Waals surface area contributed by atoms with Crippen molar-refractivity contribution in [3.05, 3.63) is 40.4 Å². The Labute approximate surface area is 114 Å². The van der Waals surface area contributed by atoms with Gasteiger partial charge in [-0.1, -0.05) is 0 Å². The second-order valence-electron chi connectivity index (χ2n) is 4.42. The van der Waals surface area contributed by atoms with E-state index < -0.39 is 5.63 Å². The summed E-state index contributed by atoms with van der Waals surface area (Å²) in [5, 5.41) is 1.22. The van der Waals surface area contributed by atoms with Crippen LogP contribution in [0.5, 0.6) is 11.5 Å². The fourth-order valence-electron chi connectivity index (χ4n) is 2.35. The predicted octanol–water partition coefficient (Wildman–Crippen LogP) is 2.67. The molecular weight excluding hydrogens is 258 g/mol. The predicted molar refractivity (Wildman–Crippen MR) is 75.6 cm³/mol. The van der Waals surface area contributed by atoms with Gasteiger partial charge in [0.1, 0.15) is 0 Å². The van der Waals surface area contributed by atoms with Crippen molar-refractivity contribution in [2.45, 2.75) is 6.92 Å². The standard InChI is InChI=1S/C15H13NO4/c1-8-6-7-16-12-9-4-5-10(18-2)14(19-3)13(9)20-15(17)11(8)12/h4-7H,1-3H3. The number of ether oxygens (including phenoxy) is 2.